The minimum absolute atomic E-state index is 0.272. The molecule has 6 heteroatoms. The van der Waals surface area contributed by atoms with Crippen LogP contribution in [0.1, 0.15) is 12.5 Å². The highest BCUT2D eigenvalue weighted by molar-refractivity contribution is 6.00. The largest absolute Gasteiger partial charge is 0.384 e. The molecule has 0 atom stereocenters. The van der Waals surface area contributed by atoms with E-state index in [0.29, 0.717) is 18.2 Å². The zero-order chi connectivity index (χ0) is 17.1. The summed E-state index contributed by atoms with van der Waals surface area (Å²) in [6, 6.07) is 9.45. The molecule has 2 amide bonds. The van der Waals surface area contributed by atoms with Crippen molar-refractivity contribution < 1.29 is 4.79 Å². The van der Waals surface area contributed by atoms with Gasteiger partial charge in [-0.1, -0.05) is 12.1 Å². The van der Waals surface area contributed by atoms with Crippen molar-refractivity contribution in [2.45, 2.75) is 13.8 Å². The second-order valence-electron chi connectivity index (χ2n) is 5.50. The van der Waals surface area contributed by atoms with Gasteiger partial charge in [0.15, 0.2) is 0 Å². The summed E-state index contributed by atoms with van der Waals surface area (Å²) in [5.41, 5.74) is 8.92. The molecule has 122 valence electrons. The minimum Gasteiger partial charge on any atom is -0.384 e. The number of pyridine rings is 2. The summed E-state index contributed by atoms with van der Waals surface area (Å²) in [4.78, 5) is 20.1. The maximum Gasteiger partial charge on any atom is 0.320 e. The molecule has 0 saturated carbocycles. The number of nitrogens with zero attached hydrogens (tertiary/aromatic N) is 2. The maximum atomic E-state index is 11.7. The lowest BCUT2D eigenvalue weighted by Crippen LogP contribution is -2.28. The fourth-order valence-corrected chi connectivity index (χ4v) is 2.64. The average Bonchev–Trinajstić information content (AvgIpc) is 2.55. The molecular formula is C18H19N5O. The zero-order valence-corrected chi connectivity index (χ0v) is 13.6. The quantitative estimate of drug-likeness (QED) is 0.690. The highest BCUT2D eigenvalue weighted by Gasteiger charge is 2.10. The molecule has 3 rings (SSSR count). The van der Waals surface area contributed by atoms with Gasteiger partial charge in [-0.05, 0) is 54.1 Å². The minimum atomic E-state index is -0.272. The van der Waals surface area contributed by atoms with E-state index >= 15 is 0 Å². The van der Waals surface area contributed by atoms with Crippen LogP contribution in [-0.4, -0.2) is 22.5 Å². The lowest BCUT2D eigenvalue weighted by Gasteiger charge is -2.12. The first kappa shape index (κ1) is 15.7. The third-order valence-electron chi connectivity index (χ3n) is 3.79. The van der Waals surface area contributed by atoms with E-state index in [9.17, 15) is 4.79 Å². The summed E-state index contributed by atoms with van der Waals surface area (Å²) >= 11 is 0. The molecular weight excluding hydrogens is 302 g/mol. The molecule has 0 aliphatic rings. The molecule has 0 fully saturated rings. The van der Waals surface area contributed by atoms with Gasteiger partial charge in [0.2, 0.25) is 0 Å². The van der Waals surface area contributed by atoms with E-state index in [2.05, 4.69) is 20.6 Å². The Morgan fingerprint density at radius 3 is 2.75 bits per heavy atom. The van der Waals surface area contributed by atoms with Crippen LogP contribution in [0.25, 0.3) is 21.9 Å². The number of urea groups is 1. The normalized spacial score (nSPS) is 10.6. The van der Waals surface area contributed by atoms with Gasteiger partial charge in [-0.15, -0.1) is 0 Å². The van der Waals surface area contributed by atoms with Gasteiger partial charge in [0.1, 0.15) is 11.6 Å². The predicted octanol–water partition coefficient (Wildman–Crippen LogP) is 3.33. The van der Waals surface area contributed by atoms with E-state index in [0.717, 1.165) is 27.5 Å². The number of benzene rings is 1. The van der Waals surface area contributed by atoms with E-state index in [1.807, 2.05) is 44.2 Å². The molecule has 4 N–H and O–H groups in total. The van der Waals surface area contributed by atoms with Crippen molar-refractivity contribution in [2.75, 3.05) is 17.6 Å². The molecule has 24 heavy (non-hydrogen) atoms. The number of nitrogens with one attached hydrogen (secondary N) is 2. The summed E-state index contributed by atoms with van der Waals surface area (Å²) in [7, 11) is 0. The van der Waals surface area contributed by atoms with E-state index < -0.39 is 0 Å². The van der Waals surface area contributed by atoms with E-state index in [-0.39, 0.29) is 6.03 Å². The predicted molar refractivity (Wildman–Crippen MR) is 96.8 cm³/mol. The van der Waals surface area contributed by atoms with Crippen molar-refractivity contribution in [2.24, 2.45) is 0 Å². The first-order chi connectivity index (χ1) is 11.6. The van der Waals surface area contributed by atoms with Crippen molar-refractivity contribution >= 4 is 28.4 Å². The number of rotatable bonds is 3. The Labute approximate surface area is 140 Å². The number of amides is 2. The number of hydrogen-bond acceptors (Lipinski definition) is 4. The standard InChI is InChI=1S/C18H19N5O/c1-3-20-18(24)23-17-9-14-13(12-6-7-21-16(19)8-12)5-4-11(2)15(14)10-22-17/h4-10H,3H2,1-2H3,(H2,19,21)(H2,20,22,23,24). The molecule has 2 heterocycles. The molecule has 1 aromatic carbocycles. The summed E-state index contributed by atoms with van der Waals surface area (Å²) < 4.78 is 0. The Kier molecular flexibility index (Phi) is 4.29. The molecule has 6 nitrogen and oxygen atoms in total. The summed E-state index contributed by atoms with van der Waals surface area (Å²) in [6.07, 6.45) is 3.46. The number of anilines is 2. The Morgan fingerprint density at radius 1 is 1.17 bits per heavy atom. The molecule has 2 aromatic heterocycles. The molecule has 0 aliphatic carbocycles. The van der Waals surface area contributed by atoms with Crippen molar-refractivity contribution in [1.82, 2.24) is 15.3 Å². The van der Waals surface area contributed by atoms with Gasteiger partial charge in [-0.25, -0.2) is 14.8 Å². The van der Waals surface area contributed by atoms with Crippen molar-refractivity contribution in [3.8, 4) is 11.1 Å². The van der Waals surface area contributed by atoms with Gasteiger partial charge in [0.05, 0.1) is 0 Å². The van der Waals surface area contributed by atoms with Gasteiger partial charge in [-0.2, -0.15) is 0 Å². The topological polar surface area (TPSA) is 92.9 Å². The molecule has 3 aromatic rings. The van der Waals surface area contributed by atoms with Gasteiger partial charge >= 0.3 is 6.03 Å². The number of aryl methyl sites for hydroxylation is 1. The summed E-state index contributed by atoms with van der Waals surface area (Å²) in [5, 5.41) is 7.47. The SMILES string of the molecule is CCNC(=O)Nc1cc2c(-c3ccnc(N)c3)ccc(C)c2cn1. The fraction of sp³-hybridized carbons (Fsp3) is 0.167. The number of carbonyl (C=O) groups excluding carboxylic acids is 1. The van der Waals surface area contributed by atoms with Crippen LogP contribution >= 0.6 is 0 Å². The van der Waals surface area contributed by atoms with Crippen LogP contribution in [0.4, 0.5) is 16.4 Å². The lowest BCUT2D eigenvalue weighted by molar-refractivity contribution is 0.252. The monoisotopic (exact) mass is 321 g/mol. The third-order valence-corrected chi connectivity index (χ3v) is 3.79. The number of nitrogen functional groups attached to an aromatic ring is 1. The number of hydrogen-bond donors (Lipinski definition) is 3. The molecule has 0 saturated heterocycles. The number of nitrogens with two attached hydrogens (primary N) is 1. The van der Waals surface area contributed by atoms with Gasteiger partial charge in [-0.3, -0.25) is 5.32 Å². The zero-order valence-electron chi connectivity index (χ0n) is 13.6. The Hall–Kier alpha value is -3.15. The highest BCUT2D eigenvalue weighted by atomic mass is 16.2. The number of aromatic nitrogens is 2. The molecule has 0 spiro atoms. The van der Waals surface area contributed by atoms with Crippen molar-refractivity contribution in [3.63, 3.8) is 0 Å². The Balaban J connectivity index is 2.12. The molecule has 0 aliphatic heterocycles. The van der Waals surface area contributed by atoms with Crippen LogP contribution in [0.5, 0.6) is 0 Å². The molecule has 0 radical (unpaired) electrons. The Bertz CT molecular complexity index is 907. The maximum absolute atomic E-state index is 11.7. The van der Waals surface area contributed by atoms with Crippen LogP contribution in [0.2, 0.25) is 0 Å². The Morgan fingerprint density at radius 2 is 2.00 bits per heavy atom. The van der Waals surface area contributed by atoms with E-state index in [1.54, 1.807) is 12.4 Å². The van der Waals surface area contributed by atoms with Gasteiger partial charge in [0.25, 0.3) is 0 Å². The van der Waals surface area contributed by atoms with Gasteiger partial charge in [0, 0.05) is 24.3 Å². The van der Waals surface area contributed by atoms with Crippen LogP contribution in [0.15, 0.2) is 42.7 Å². The third kappa shape index (κ3) is 3.12. The second kappa shape index (κ2) is 6.54. The number of carbonyl (C=O) groups is 1. The van der Waals surface area contributed by atoms with Crippen LogP contribution in [-0.2, 0) is 0 Å². The van der Waals surface area contributed by atoms with Crippen molar-refractivity contribution in [1.29, 1.82) is 0 Å². The van der Waals surface area contributed by atoms with Gasteiger partial charge < -0.3 is 11.1 Å². The van der Waals surface area contributed by atoms with Crippen LogP contribution in [0.3, 0.4) is 0 Å². The van der Waals surface area contributed by atoms with Crippen LogP contribution in [0, 0.1) is 6.92 Å². The fourth-order valence-electron chi connectivity index (χ4n) is 2.64. The highest BCUT2D eigenvalue weighted by Crippen LogP contribution is 2.32. The molecule has 0 unspecified atom stereocenters. The number of fused-ring (bicyclic) bond motifs is 1. The first-order valence-corrected chi connectivity index (χ1v) is 7.74. The summed E-state index contributed by atoms with van der Waals surface area (Å²) in [6.45, 7) is 4.45. The van der Waals surface area contributed by atoms with Crippen LogP contribution < -0.4 is 16.4 Å². The van der Waals surface area contributed by atoms with Crippen molar-refractivity contribution in [3.05, 3.63) is 48.3 Å². The first-order valence-electron chi connectivity index (χ1n) is 7.74. The van der Waals surface area contributed by atoms with E-state index in [1.165, 1.54) is 0 Å². The summed E-state index contributed by atoms with van der Waals surface area (Å²) in [5.74, 6) is 0.971. The smallest absolute Gasteiger partial charge is 0.320 e. The average molecular weight is 321 g/mol. The lowest BCUT2D eigenvalue weighted by atomic mass is 9.97. The van der Waals surface area contributed by atoms with E-state index in [4.69, 9.17) is 5.73 Å². The molecule has 0 bridgehead atoms. The second-order valence-corrected chi connectivity index (χ2v) is 5.50.